The Morgan fingerprint density at radius 2 is 2.17 bits per heavy atom. The fourth-order valence-electron chi connectivity index (χ4n) is 0.784. The molecule has 0 N–H and O–H groups in total. The van der Waals surface area contributed by atoms with Crippen molar-refractivity contribution in [1.82, 2.24) is 4.98 Å². The Kier molecular flexibility index (Phi) is 2.92. The summed E-state index contributed by atoms with van der Waals surface area (Å²) in [5, 5.41) is 0. The third-order valence-electron chi connectivity index (χ3n) is 1.33. The van der Waals surface area contributed by atoms with Crippen LogP contribution in [-0.2, 0) is 5.88 Å². The minimum Gasteiger partial charge on any atom is -0.256 e. The summed E-state index contributed by atoms with van der Waals surface area (Å²) in [6.07, 6.45) is -1.87. The average Bonchev–Trinajstić information content (AvgIpc) is 2.04. The molecule has 1 rings (SSSR count). The smallest absolute Gasteiger partial charge is 0.256 e. The number of aromatic nitrogens is 1. The van der Waals surface area contributed by atoms with E-state index in [1.165, 1.54) is 0 Å². The molecule has 0 fully saturated rings. The Bertz CT molecular complexity index is 277. The third kappa shape index (κ3) is 1.88. The Morgan fingerprint density at radius 1 is 1.50 bits per heavy atom. The Balaban J connectivity index is 3.12. The third-order valence-corrected chi connectivity index (χ3v) is 1.59. The molecular weight excluding hydrogens is 191 g/mol. The SMILES string of the molecule is Fc1cnc(CCl)c(C(F)F)c1. The molecule has 1 nitrogen and oxygen atoms in total. The van der Waals surface area contributed by atoms with E-state index in [0.29, 0.717) is 0 Å². The predicted molar refractivity (Wildman–Crippen MR) is 38.7 cm³/mol. The highest BCUT2D eigenvalue weighted by Crippen LogP contribution is 2.23. The number of hydrogen-bond donors (Lipinski definition) is 0. The molecule has 0 aliphatic carbocycles. The maximum atomic E-state index is 12.4. The van der Waals surface area contributed by atoms with Crippen molar-refractivity contribution in [2.24, 2.45) is 0 Å². The van der Waals surface area contributed by atoms with Gasteiger partial charge < -0.3 is 0 Å². The maximum absolute atomic E-state index is 12.4. The minimum atomic E-state index is -2.73. The summed E-state index contributed by atoms with van der Waals surface area (Å²) in [6, 6.07) is 0.745. The Labute approximate surface area is 72.2 Å². The molecule has 12 heavy (non-hydrogen) atoms. The normalized spacial score (nSPS) is 10.8. The lowest BCUT2D eigenvalue weighted by atomic mass is 10.2. The average molecular weight is 196 g/mol. The van der Waals surface area contributed by atoms with Crippen LogP contribution in [-0.4, -0.2) is 4.98 Å². The van der Waals surface area contributed by atoms with E-state index in [2.05, 4.69) is 4.98 Å². The molecule has 5 heteroatoms. The van der Waals surface area contributed by atoms with E-state index in [1.54, 1.807) is 0 Å². The van der Waals surface area contributed by atoms with Crippen molar-refractivity contribution in [2.75, 3.05) is 0 Å². The number of halogens is 4. The van der Waals surface area contributed by atoms with Crippen LogP contribution in [0.3, 0.4) is 0 Å². The number of nitrogens with zero attached hydrogens (tertiary/aromatic N) is 1. The molecule has 0 aliphatic heterocycles. The van der Waals surface area contributed by atoms with Gasteiger partial charge in [0.05, 0.1) is 17.8 Å². The fraction of sp³-hybridized carbons (Fsp3) is 0.286. The van der Waals surface area contributed by atoms with Crippen molar-refractivity contribution in [2.45, 2.75) is 12.3 Å². The van der Waals surface area contributed by atoms with E-state index >= 15 is 0 Å². The fourth-order valence-corrected chi connectivity index (χ4v) is 1.01. The summed E-state index contributed by atoms with van der Waals surface area (Å²) < 4.78 is 36.7. The number of hydrogen-bond acceptors (Lipinski definition) is 1. The first-order valence-electron chi connectivity index (χ1n) is 3.13. The van der Waals surface area contributed by atoms with Gasteiger partial charge in [0.25, 0.3) is 6.43 Å². The van der Waals surface area contributed by atoms with Crippen LogP contribution in [0.25, 0.3) is 0 Å². The van der Waals surface area contributed by atoms with Crippen LogP contribution in [0.5, 0.6) is 0 Å². The lowest BCUT2D eigenvalue weighted by Crippen LogP contribution is -1.96. The maximum Gasteiger partial charge on any atom is 0.265 e. The van der Waals surface area contributed by atoms with Crippen LogP contribution in [0, 0.1) is 5.82 Å². The van der Waals surface area contributed by atoms with Gasteiger partial charge in [-0.1, -0.05) is 0 Å². The van der Waals surface area contributed by atoms with E-state index in [-0.39, 0.29) is 11.6 Å². The van der Waals surface area contributed by atoms with Crippen LogP contribution in [0.1, 0.15) is 17.7 Å². The molecule has 0 aliphatic rings. The molecule has 1 heterocycles. The predicted octanol–water partition coefficient (Wildman–Crippen LogP) is 2.90. The first kappa shape index (κ1) is 9.32. The lowest BCUT2D eigenvalue weighted by molar-refractivity contribution is 0.149. The second-order valence-electron chi connectivity index (χ2n) is 2.12. The molecule has 0 bridgehead atoms. The molecule has 0 amide bonds. The molecule has 0 aromatic carbocycles. The van der Waals surface area contributed by atoms with Crippen LogP contribution in [0.15, 0.2) is 12.3 Å². The first-order valence-corrected chi connectivity index (χ1v) is 3.67. The van der Waals surface area contributed by atoms with Gasteiger partial charge in [-0.05, 0) is 6.07 Å². The Morgan fingerprint density at radius 3 is 2.67 bits per heavy atom. The topological polar surface area (TPSA) is 12.9 Å². The van der Waals surface area contributed by atoms with E-state index in [0.717, 1.165) is 12.3 Å². The molecule has 0 saturated heterocycles. The molecule has 1 aromatic heterocycles. The molecule has 0 unspecified atom stereocenters. The highest BCUT2D eigenvalue weighted by Gasteiger charge is 2.14. The van der Waals surface area contributed by atoms with Gasteiger partial charge in [-0.2, -0.15) is 0 Å². The molecule has 66 valence electrons. The van der Waals surface area contributed by atoms with Crippen LogP contribution < -0.4 is 0 Å². The number of alkyl halides is 3. The van der Waals surface area contributed by atoms with E-state index in [4.69, 9.17) is 11.6 Å². The van der Waals surface area contributed by atoms with E-state index < -0.39 is 17.8 Å². The summed E-state index contributed by atoms with van der Waals surface area (Å²) in [5.41, 5.74) is -0.418. The van der Waals surface area contributed by atoms with Crippen LogP contribution in [0.4, 0.5) is 13.2 Å². The van der Waals surface area contributed by atoms with E-state index in [9.17, 15) is 13.2 Å². The second kappa shape index (κ2) is 3.76. The van der Waals surface area contributed by atoms with Gasteiger partial charge in [-0.25, -0.2) is 13.2 Å². The minimum absolute atomic E-state index is 0.0214. The summed E-state index contributed by atoms with van der Waals surface area (Å²) in [6.45, 7) is 0. The number of rotatable bonds is 2. The largest absolute Gasteiger partial charge is 0.265 e. The Hall–Kier alpha value is -0.770. The zero-order valence-corrected chi connectivity index (χ0v) is 6.65. The quantitative estimate of drug-likeness (QED) is 0.662. The first-order chi connectivity index (χ1) is 5.65. The van der Waals surface area contributed by atoms with Crippen molar-refractivity contribution in [3.8, 4) is 0 Å². The summed E-state index contributed by atoms with van der Waals surface area (Å²) in [5.74, 6) is -0.917. The monoisotopic (exact) mass is 195 g/mol. The van der Waals surface area contributed by atoms with Gasteiger partial charge in [-0.3, -0.25) is 4.98 Å². The van der Waals surface area contributed by atoms with Gasteiger partial charge in [0, 0.05) is 5.56 Å². The highest BCUT2D eigenvalue weighted by molar-refractivity contribution is 6.17. The van der Waals surface area contributed by atoms with Crippen molar-refractivity contribution in [3.63, 3.8) is 0 Å². The summed E-state index contributed by atoms with van der Waals surface area (Å²) >= 11 is 5.31. The van der Waals surface area contributed by atoms with Gasteiger partial charge in [0.1, 0.15) is 5.82 Å². The summed E-state index contributed by atoms with van der Waals surface area (Å²) in [7, 11) is 0. The molecule has 0 radical (unpaired) electrons. The summed E-state index contributed by atoms with van der Waals surface area (Å²) in [4.78, 5) is 3.43. The highest BCUT2D eigenvalue weighted by atomic mass is 35.5. The molecule has 1 aromatic rings. The van der Waals surface area contributed by atoms with Gasteiger partial charge in [0.2, 0.25) is 0 Å². The van der Waals surface area contributed by atoms with Crippen LogP contribution in [0.2, 0.25) is 0 Å². The van der Waals surface area contributed by atoms with Gasteiger partial charge in [0.15, 0.2) is 0 Å². The standard InChI is InChI=1S/C7H5ClF3N/c8-2-6-5(7(10)11)1-4(9)3-12-6/h1,3,7H,2H2. The molecule has 0 atom stereocenters. The van der Waals surface area contributed by atoms with Crippen molar-refractivity contribution < 1.29 is 13.2 Å². The zero-order valence-electron chi connectivity index (χ0n) is 5.90. The molecule has 0 spiro atoms. The van der Waals surface area contributed by atoms with Crippen LogP contribution >= 0.6 is 11.6 Å². The second-order valence-corrected chi connectivity index (χ2v) is 2.39. The van der Waals surface area contributed by atoms with Crippen molar-refractivity contribution in [1.29, 1.82) is 0 Å². The molecule has 0 saturated carbocycles. The van der Waals surface area contributed by atoms with Crippen molar-refractivity contribution >= 4 is 11.6 Å². The number of pyridine rings is 1. The van der Waals surface area contributed by atoms with Gasteiger partial charge in [-0.15, -0.1) is 11.6 Å². The zero-order chi connectivity index (χ0) is 9.14. The van der Waals surface area contributed by atoms with E-state index in [1.807, 2.05) is 0 Å². The van der Waals surface area contributed by atoms with Crippen molar-refractivity contribution in [3.05, 3.63) is 29.3 Å². The molecular formula is C7H5ClF3N. The lowest BCUT2D eigenvalue weighted by Gasteiger charge is -2.03. The van der Waals surface area contributed by atoms with Gasteiger partial charge >= 0.3 is 0 Å².